The van der Waals surface area contributed by atoms with E-state index in [1.807, 2.05) is 0 Å². The number of halogens is 3. The van der Waals surface area contributed by atoms with Crippen LogP contribution in [0.4, 0.5) is 13.2 Å². The van der Waals surface area contributed by atoms with Crippen molar-refractivity contribution in [3.63, 3.8) is 0 Å². The van der Waals surface area contributed by atoms with E-state index in [1.54, 1.807) is 0 Å². The maximum absolute atomic E-state index is 12.5. The summed E-state index contributed by atoms with van der Waals surface area (Å²) in [5, 5.41) is 0. The first-order chi connectivity index (χ1) is 7.61. The first-order valence-electron chi connectivity index (χ1n) is 4.09. The van der Waals surface area contributed by atoms with Gasteiger partial charge in [-0.1, -0.05) is 4.40 Å². The normalized spacial score (nSPS) is 12.3. The minimum atomic E-state index is -4.97. The molecule has 1 rings (SSSR count). The van der Waals surface area contributed by atoms with Crippen LogP contribution in [0.3, 0.4) is 0 Å². The van der Waals surface area contributed by atoms with Gasteiger partial charge in [-0.2, -0.15) is 21.6 Å². The molecule has 0 aliphatic carbocycles. The van der Waals surface area contributed by atoms with Gasteiger partial charge in [-0.05, 0) is 13.8 Å². The lowest BCUT2D eigenvalue weighted by molar-refractivity contribution is -0.145. The maximum Gasteiger partial charge on any atom is 0.450 e. The average molecular weight is 269 g/mol. The van der Waals surface area contributed by atoms with Gasteiger partial charge in [0.25, 0.3) is 6.08 Å². The lowest BCUT2D eigenvalue weighted by Gasteiger charge is -2.08. The minimum absolute atomic E-state index is 0.123. The quantitative estimate of drug-likeness (QED) is 0.591. The summed E-state index contributed by atoms with van der Waals surface area (Å²) >= 11 is 0. The van der Waals surface area contributed by atoms with E-state index in [1.165, 1.54) is 6.92 Å². The molecule has 0 amide bonds. The number of aromatic nitrogens is 2. The average Bonchev–Trinajstić information content (AvgIpc) is 2.43. The molecule has 0 bridgehead atoms. The largest absolute Gasteiger partial charge is 0.450 e. The zero-order chi connectivity index (χ0) is 13.4. The Morgan fingerprint density at radius 2 is 1.88 bits per heavy atom. The van der Waals surface area contributed by atoms with Crippen LogP contribution in [0.1, 0.15) is 17.2 Å². The highest BCUT2D eigenvalue weighted by Crippen LogP contribution is 2.31. The second-order valence-corrected chi connectivity index (χ2v) is 4.47. The minimum Gasteiger partial charge on any atom is -0.229 e. The molecule has 0 spiro atoms. The second-order valence-electron chi connectivity index (χ2n) is 3.03. The highest BCUT2D eigenvalue weighted by atomic mass is 32.2. The van der Waals surface area contributed by atoms with E-state index >= 15 is 0 Å². The molecule has 94 valence electrons. The summed E-state index contributed by atoms with van der Waals surface area (Å²) in [5.41, 5.74) is -0.390. The van der Waals surface area contributed by atoms with Crippen molar-refractivity contribution in [3.8, 4) is 0 Å². The van der Waals surface area contributed by atoms with Crippen LogP contribution in [0.15, 0.2) is 4.40 Å². The molecule has 0 aromatic carbocycles. The van der Waals surface area contributed by atoms with E-state index in [0.717, 1.165) is 6.92 Å². The number of nitrogens with zero attached hydrogens (tertiary/aromatic N) is 3. The molecule has 1 aromatic rings. The lowest BCUT2D eigenvalue weighted by atomic mass is 10.4. The number of rotatable bonds is 2. The van der Waals surface area contributed by atoms with Gasteiger partial charge in [0.1, 0.15) is 0 Å². The number of hydrogen-bond donors (Lipinski definition) is 0. The van der Waals surface area contributed by atoms with Crippen molar-refractivity contribution in [2.75, 3.05) is 0 Å². The monoisotopic (exact) mass is 269 g/mol. The first-order valence-corrected chi connectivity index (χ1v) is 5.48. The predicted octanol–water partition coefficient (Wildman–Crippen LogP) is 0.947. The Hall–Kier alpha value is -1.67. The third-order valence-corrected chi connectivity index (χ3v) is 3.14. The summed E-state index contributed by atoms with van der Waals surface area (Å²) in [6.45, 7) is 2.33. The molecule has 0 atom stereocenters. The highest BCUT2D eigenvalue weighted by Gasteiger charge is 2.41. The third-order valence-electron chi connectivity index (χ3n) is 1.93. The summed E-state index contributed by atoms with van der Waals surface area (Å²) in [7, 11) is -4.80. The van der Waals surface area contributed by atoms with E-state index in [4.69, 9.17) is 0 Å². The van der Waals surface area contributed by atoms with Crippen LogP contribution in [0, 0.1) is 13.8 Å². The Labute approximate surface area is 94.0 Å². The van der Waals surface area contributed by atoms with Gasteiger partial charge in [-0.3, -0.25) is 0 Å². The number of aryl methyl sites for hydroxylation is 1. The maximum atomic E-state index is 12.5. The van der Waals surface area contributed by atoms with Crippen LogP contribution >= 0.6 is 0 Å². The molecule has 0 aliphatic heterocycles. The zero-order valence-electron chi connectivity index (χ0n) is 8.61. The number of alkyl halides is 3. The molecule has 0 saturated carbocycles. The van der Waals surface area contributed by atoms with Crippen molar-refractivity contribution in [2.45, 2.75) is 20.0 Å². The number of carbonyl (C=O) groups excluding carboxylic acids is 1. The van der Waals surface area contributed by atoms with E-state index in [9.17, 15) is 26.4 Å². The van der Waals surface area contributed by atoms with Crippen molar-refractivity contribution < 1.29 is 26.4 Å². The fourth-order valence-corrected chi connectivity index (χ4v) is 2.16. The molecule has 0 N–H and O–H groups in total. The van der Waals surface area contributed by atoms with Crippen LogP contribution in [-0.4, -0.2) is 23.5 Å². The molecular formula is C7H6F3N3O3S. The number of isocyanates is 1. The van der Waals surface area contributed by atoms with Gasteiger partial charge in [0.2, 0.25) is 5.82 Å². The van der Waals surface area contributed by atoms with Crippen LogP contribution < -0.4 is 0 Å². The Kier molecular flexibility index (Phi) is 3.13. The van der Waals surface area contributed by atoms with Gasteiger partial charge in [-0.25, -0.2) is 13.8 Å². The van der Waals surface area contributed by atoms with E-state index in [-0.39, 0.29) is 15.4 Å². The van der Waals surface area contributed by atoms with Gasteiger partial charge in [0.05, 0.1) is 11.4 Å². The topological polar surface area (TPSA) is 81.4 Å². The highest BCUT2D eigenvalue weighted by molar-refractivity contribution is 7.88. The molecule has 1 aromatic heterocycles. The molecule has 0 saturated heterocycles. The predicted molar refractivity (Wildman–Crippen MR) is 49.1 cm³/mol. The smallest absolute Gasteiger partial charge is 0.229 e. The van der Waals surface area contributed by atoms with E-state index in [2.05, 4.69) is 9.38 Å². The van der Waals surface area contributed by atoms with Gasteiger partial charge in [-0.15, -0.1) is 0 Å². The fourth-order valence-electron chi connectivity index (χ4n) is 1.14. The summed E-state index contributed by atoms with van der Waals surface area (Å²) in [6, 6.07) is 0. The summed E-state index contributed by atoms with van der Waals surface area (Å²) in [6.07, 6.45) is -4.28. The SMILES string of the molecule is Cc1nc(C(F)(F)F)n(S(=O)(=O)N=C=O)c1C. The van der Waals surface area contributed by atoms with E-state index < -0.39 is 22.2 Å². The Morgan fingerprint density at radius 3 is 2.29 bits per heavy atom. The summed E-state index contributed by atoms with van der Waals surface area (Å²) in [4.78, 5) is 13.0. The summed E-state index contributed by atoms with van der Waals surface area (Å²) < 4.78 is 62.5. The Morgan fingerprint density at radius 1 is 1.35 bits per heavy atom. The van der Waals surface area contributed by atoms with Crippen molar-refractivity contribution in [1.82, 2.24) is 8.96 Å². The zero-order valence-corrected chi connectivity index (χ0v) is 9.43. The van der Waals surface area contributed by atoms with Gasteiger partial charge in [0.15, 0.2) is 0 Å². The van der Waals surface area contributed by atoms with Crippen LogP contribution in [0.25, 0.3) is 0 Å². The molecule has 10 heteroatoms. The van der Waals surface area contributed by atoms with Gasteiger partial charge >= 0.3 is 16.4 Å². The van der Waals surface area contributed by atoms with Gasteiger partial charge in [0, 0.05) is 0 Å². The van der Waals surface area contributed by atoms with Crippen molar-refractivity contribution in [1.29, 1.82) is 0 Å². The van der Waals surface area contributed by atoms with Crippen molar-refractivity contribution in [3.05, 3.63) is 17.2 Å². The molecule has 6 nitrogen and oxygen atoms in total. The first kappa shape index (κ1) is 13.4. The Bertz CT molecular complexity index is 596. The van der Waals surface area contributed by atoms with Crippen LogP contribution in [0.5, 0.6) is 0 Å². The van der Waals surface area contributed by atoms with Gasteiger partial charge < -0.3 is 0 Å². The molecule has 1 heterocycles. The molecule has 0 unspecified atom stereocenters. The third kappa shape index (κ3) is 2.37. The Balaban J connectivity index is 3.70. The standard InChI is InChI=1S/C7H6F3N3O3S/c1-4-5(2)13(17(15,16)11-3-14)6(12-4)7(8,9)10/h1-2H3. The van der Waals surface area contributed by atoms with Crippen LogP contribution in [0.2, 0.25) is 0 Å². The fraction of sp³-hybridized carbons (Fsp3) is 0.429. The van der Waals surface area contributed by atoms with Crippen molar-refractivity contribution >= 4 is 16.3 Å². The lowest BCUT2D eigenvalue weighted by Crippen LogP contribution is -2.21. The molecule has 0 radical (unpaired) electrons. The second kappa shape index (κ2) is 3.97. The molecule has 17 heavy (non-hydrogen) atoms. The number of hydrogen-bond acceptors (Lipinski definition) is 4. The molecule has 0 aliphatic rings. The van der Waals surface area contributed by atoms with Crippen molar-refractivity contribution in [2.24, 2.45) is 4.40 Å². The van der Waals surface area contributed by atoms with E-state index in [0.29, 0.717) is 6.08 Å². The molecule has 0 fully saturated rings. The number of imidazole rings is 1. The molecular weight excluding hydrogens is 263 g/mol. The summed E-state index contributed by atoms with van der Waals surface area (Å²) in [5.74, 6) is -1.65. The van der Waals surface area contributed by atoms with Crippen LogP contribution in [-0.2, 0) is 21.2 Å².